The second-order valence-corrected chi connectivity index (χ2v) is 4.24. The fraction of sp³-hybridized carbons (Fsp3) is 0.583. The average molecular weight is 223 g/mol. The number of hydrogen-bond donors (Lipinski definition) is 1. The molecule has 2 rings (SSSR count). The number of rotatable bonds is 4. The second kappa shape index (κ2) is 4.03. The Bertz CT molecular complexity index is 399. The zero-order valence-electron chi connectivity index (χ0n) is 9.91. The van der Waals surface area contributed by atoms with Crippen LogP contribution in [-0.4, -0.2) is 24.3 Å². The molecule has 1 heterocycles. The molecule has 16 heavy (non-hydrogen) atoms. The molecule has 0 atom stereocenters. The Labute approximate surface area is 95.2 Å². The molecule has 0 aromatic carbocycles. The molecule has 1 N–H and O–H groups in total. The number of nitrogens with zero attached hydrogens (tertiary/aromatic N) is 1. The van der Waals surface area contributed by atoms with E-state index in [0.717, 1.165) is 29.7 Å². The lowest BCUT2D eigenvalue weighted by Crippen LogP contribution is -2.13. The molecule has 0 radical (unpaired) electrons. The Hall–Kier alpha value is -1.13. The Balaban J connectivity index is 2.54. The lowest BCUT2D eigenvalue weighted by Gasteiger charge is -2.19. The molecule has 0 spiro atoms. The van der Waals surface area contributed by atoms with Gasteiger partial charge in [-0.2, -0.15) is 0 Å². The van der Waals surface area contributed by atoms with E-state index in [2.05, 4.69) is 4.98 Å². The highest BCUT2D eigenvalue weighted by Gasteiger charge is 2.46. The van der Waals surface area contributed by atoms with E-state index in [4.69, 9.17) is 9.47 Å². The molecule has 0 bridgehead atoms. The summed E-state index contributed by atoms with van der Waals surface area (Å²) in [7, 11) is 3.24. The van der Waals surface area contributed by atoms with Gasteiger partial charge in [0, 0.05) is 24.4 Å². The van der Waals surface area contributed by atoms with Gasteiger partial charge in [0.25, 0.3) is 0 Å². The van der Waals surface area contributed by atoms with Gasteiger partial charge in [-0.05, 0) is 19.8 Å². The van der Waals surface area contributed by atoms with E-state index in [1.807, 2.05) is 6.92 Å². The van der Waals surface area contributed by atoms with Crippen LogP contribution in [0.5, 0.6) is 5.75 Å². The molecule has 1 saturated carbocycles. The van der Waals surface area contributed by atoms with E-state index in [-0.39, 0.29) is 0 Å². The van der Waals surface area contributed by atoms with Gasteiger partial charge in [0.2, 0.25) is 0 Å². The van der Waals surface area contributed by atoms with Crippen molar-refractivity contribution in [2.24, 2.45) is 0 Å². The van der Waals surface area contributed by atoms with Crippen LogP contribution in [0.15, 0.2) is 6.20 Å². The van der Waals surface area contributed by atoms with Crippen molar-refractivity contribution in [2.45, 2.75) is 32.0 Å². The van der Waals surface area contributed by atoms with Crippen molar-refractivity contribution < 1.29 is 14.6 Å². The normalized spacial score (nSPS) is 17.2. The summed E-state index contributed by atoms with van der Waals surface area (Å²) >= 11 is 0. The quantitative estimate of drug-likeness (QED) is 0.841. The van der Waals surface area contributed by atoms with E-state index in [9.17, 15) is 5.11 Å². The molecule has 1 aromatic rings. The minimum atomic E-state index is -0.729. The molecular weight excluding hydrogens is 206 g/mol. The Morgan fingerprint density at radius 3 is 2.62 bits per heavy atom. The van der Waals surface area contributed by atoms with Crippen LogP contribution in [0.3, 0.4) is 0 Å². The summed E-state index contributed by atoms with van der Waals surface area (Å²) in [6.07, 6.45) is 3.32. The predicted octanol–water partition coefficient (Wildman–Crippen LogP) is 1.53. The maximum absolute atomic E-state index is 10.3. The van der Waals surface area contributed by atoms with Gasteiger partial charge in [-0.3, -0.25) is 4.98 Å². The number of methoxy groups -OCH3 is 2. The highest BCUT2D eigenvalue weighted by Crippen LogP contribution is 2.50. The first kappa shape index (κ1) is 11.4. The number of pyridine rings is 1. The fourth-order valence-electron chi connectivity index (χ4n) is 2.02. The van der Waals surface area contributed by atoms with E-state index < -0.39 is 5.60 Å². The van der Waals surface area contributed by atoms with Crippen molar-refractivity contribution >= 4 is 0 Å². The molecule has 0 aliphatic heterocycles. The molecule has 88 valence electrons. The Morgan fingerprint density at radius 2 is 2.12 bits per heavy atom. The van der Waals surface area contributed by atoms with Crippen LogP contribution in [0.4, 0.5) is 0 Å². The molecule has 0 saturated heterocycles. The molecular formula is C12H17NO3. The van der Waals surface area contributed by atoms with Gasteiger partial charge in [0.1, 0.15) is 5.75 Å². The molecule has 0 unspecified atom stereocenters. The third-order valence-electron chi connectivity index (χ3n) is 2.98. The minimum absolute atomic E-state index is 0.446. The minimum Gasteiger partial charge on any atom is -0.494 e. The van der Waals surface area contributed by atoms with E-state index in [0.29, 0.717) is 12.4 Å². The van der Waals surface area contributed by atoms with Gasteiger partial charge < -0.3 is 14.6 Å². The highest BCUT2D eigenvalue weighted by atomic mass is 16.5. The summed E-state index contributed by atoms with van der Waals surface area (Å²) in [6, 6.07) is 0. The number of aliphatic hydroxyl groups is 1. The zero-order chi connectivity index (χ0) is 11.8. The van der Waals surface area contributed by atoms with Gasteiger partial charge in [0.05, 0.1) is 25.0 Å². The van der Waals surface area contributed by atoms with Crippen molar-refractivity contribution in [1.82, 2.24) is 4.98 Å². The van der Waals surface area contributed by atoms with Gasteiger partial charge in [-0.25, -0.2) is 0 Å². The third kappa shape index (κ3) is 1.79. The van der Waals surface area contributed by atoms with Gasteiger partial charge in [-0.15, -0.1) is 0 Å². The maximum atomic E-state index is 10.3. The lowest BCUT2D eigenvalue weighted by atomic mass is 10.0. The van der Waals surface area contributed by atoms with Crippen LogP contribution in [0, 0.1) is 6.92 Å². The second-order valence-electron chi connectivity index (χ2n) is 4.24. The molecule has 1 aliphatic rings. The van der Waals surface area contributed by atoms with Crippen molar-refractivity contribution in [1.29, 1.82) is 0 Å². The lowest BCUT2D eigenvalue weighted by molar-refractivity contribution is 0.137. The summed E-state index contributed by atoms with van der Waals surface area (Å²) in [5.41, 5.74) is 1.83. The summed E-state index contributed by atoms with van der Waals surface area (Å²) < 4.78 is 10.5. The topological polar surface area (TPSA) is 51.6 Å². The molecule has 1 aliphatic carbocycles. The summed E-state index contributed by atoms with van der Waals surface area (Å²) in [5, 5.41) is 10.3. The molecule has 4 nitrogen and oxygen atoms in total. The molecule has 4 heteroatoms. The van der Waals surface area contributed by atoms with Crippen LogP contribution in [0.2, 0.25) is 0 Å². The summed E-state index contributed by atoms with van der Waals surface area (Å²) in [6.45, 7) is 2.33. The molecule has 1 fully saturated rings. The number of hydrogen-bond acceptors (Lipinski definition) is 4. The maximum Gasteiger partial charge on any atom is 0.146 e. The predicted molar refractivity (Wildman–Crippen MR) is 59.4 cm³/mol. The van der Waals surface area contributed by atoms with Crippen LogP contribution in [-0.2, 0) is 16.9 Å². The standard InChI is InChI=1S/C12H17NO3/c1-8-11(16-3)10(12(14)4-5-12)9(6-13-8)7-15-2/h6,14H,4-5,7H2,1-3H3. The first-order chi connectivity index (χ1) is 7.62. The van der Waals surface area contributed by atoms with Gasteiger partial charge in [-0.1, -0.05) is 0 Å². The number of aromatic nitrogens is 1. The SMILES string of the molecule is COCc1cnc(C)c(OC)c1C1(O)CC1. The van der Waals surface area contributed by atoms with Gasteiger partial charge in [0.15, 0.2) is 0 Å². The molecule has 0 amide bonds. The third-order valence-corrected chi connectivity index (χ3v) is 2.98. The largest absolute Gasteiger partial charge is 0.494 e. The number of aryl methyl sites for hydroxylation is 1. The van der Waals surface area contributed by atoms with Gasteiger partial charge >= 0.3 is 0 Å². The van der Waals surface area contributed by atoms with E-state index in [1.54, 1.807) is 20.4 Å². The van der Waals surface area contributed by atoms with E-state index in [1.165, 1.54) is 0 Å². The van der Waals surface area contributed by atoms with Crippen molar-refractivity contribution in [2.75, 3.05) is 14.2 Å². The highest BCUT2D eigenvalue weighted by molar-refractivity contribution is 5.47. The van der Waals surface area contributed by atoms with Crippen LogP contribution in [0.25, 0.3) is 0 Å². The number of ether oxygens (including phenoxy) is 2. The van der Waals surface area contributed by atoms with Crippen LogP contribution in [0.1, 0.15) is 29.7 Å². The first-order valence-corrected chi connectivity index (χ1v) is 5.36. The van der Waals surface area contributed by atoms with Crippen molar-refractivity contribution in [3.8, 4) is 5.75 Å². The van der Waals surface area contributed by atoms with Crippen molar-refractivity contribution in [3.05, 3.63) is 23.0 Å². The van der Waals surface area contributed by atoms with Crippen LogP contribution >= 0.6 is 0 Å². The molecule has 1 aromatic heterocycles. The monoisotopic (exact) mass is 223 g/mol. The Kier molecular flexibility index (Phi) is 2.86. The fourth-order valence-corrected chi connectivity index (χ4v) is 2.02. The van der Waals surface area contributed by atoms with Crippen molar-refractivity contribution in [3.63, 3.8) is 0 Å². The zero-order valence-corrected chi connectivity index (χ0v) is 9.91. The summed E-state index contributed by atoms with van der Waals surface area (Å²) in [4.78, 5) is 4.25. The first-order valence-electron chi connectivity index (χ1n) is 5.36. The van der Waals surface area contributed by atoms with Crippen LogP contribution < -0.4 is 4.74 Å². The average Bonchev–Trinajstić information content (AvgIpc) is 3.00. The summed E-state index contributed by atoms with van der Waals surface area (Å²) in [5.74, 6) is 0.689. The Morgan fingerprint density at radius 1 is 1.44 bits per heavy atom. The van der Waals surface area contributed by atoms with E-state index >= 15 is 0 Å². The smallest absolute Gasteiger partial charge is 0.146 e.